The van der Waals surface area contributed by atoms with Gasteiger partial charge in [0.25, 0.3) is 0 Å². The molecule has 12 heteroatoms. The smallest absolute Gasteiger partial charge is 0.261 e. The van der Waals surface area contributed by atoms with Crippen molar-refractivity contribution in [3.8, 4) is 0 Å². The van der Waals surface area contributed by atoms with Crippen LogP contribution in [0.4, 0.5) is 39.5 Å². The maximum Gasteiger partial charge on any atom is 0.459 e. The molecule has 0 aliphatic rings. The Morgan fingerprint density at radius 3 is 1.47 bits per heavy atom. The van der Waals surface area contributed by atoms with Crippen molar-refractivity contribution in [3.05, 3.63) is 0 Å². The summed E-state index contributed by atoms with van der Waals surface area (Å²) in [5.74, 6) is -6.19. The second-order valence-corrected chi connectivity index (χ2v) is 3.48. The van der Waals surface area contributed by atoms with Gasteiger partial charge in [-0.1, -0.05) is 0 Å². The van der Waals surface area contributed by atoms with E-state index in [1.807, 2.05) is 4.74 Å². The summed E-state index contributed by atoms with van der Waals surface area (Å²) in [7, 11) is 0. The molecule has 0 bridgehead atoms. The highest BCUT2D eigenvalue weighted by Crippen LogP contribution is 2.47. The molecule has 0 N–H and O–H groups in total. The van der Waals surface area contributed by atoms with E-state index in [-0.39, 0.29) is 0 Å². The van der Waals surface area contributed by atoms with Crippen LogP contribution in [-0.2, 0) is 9.53 Å². The van der Waals surface area contributed by atoms with Gasteiger partial charge < -0.3 is 0 Å². The van der Waals surface area contributed by atoms with E-state index in [9.17, 15) is 44.3 Å². The second-order valence-electron chi connectivity index (χ2n) is 2.48. The molecule has 0 radical (unpaired) electrons. The monoisotopic (exact) mass is 342 g/mol. The molecule has 0 aliphatic carbocycles. The van der Waals surface area contributed by atoms with Gasteiger partial charge in [-0.25, -0.2) is 0 Å². The molecule has 0 aromatic carbocycles. The van der Waals surface area contributed by atoms with Gasteiger partial charge >= 0.3 is 29.0 Å². The molecule has 1 unspecified atom stereocenters. The molecule has 0 saturated carbocycles. The van der Waals surface area contributed by atoms with Crippen LogP contribution in [0.2, 0.25) is 0 Å². The number of carbonyl (C=O) groups is 1. The van der Waals surface area contributed by atoms with E-state index in [1.165, 1.54) is 0 Å². The lowest BCUT2D eigenvalue weighted by Gasteiger charge is -2.29. The third-order valence-corrected chi connectivity index (χ3v) is 1.68. The highest BCUT2D eigenvalue weighted by molar-refractivity contribution is 9.10. The molecular formula is C5BrF9O2. The third kappa shape index (κ3) is 3.24. The Kier molecular flexibility index (Phi) is 4.17. The minimum atomic E-state index is -6.60. The summed E-state index contributed by atoms with van der Waals surface area (Å²) in [5.41, 5.74) is 0. The van der Waals surface area contributed by atoms with Crippen LogP contribution in [0.5, 0.6) is 0 Å². The highest BCUT2D eigenvalue weighted by Gasteiger charge is 2.72. The first kappa shape index (κ1) is 16.5. The summed E-state index contributed by atoms with van der Waals surface area (Å²) >= 11 is 0.892. The Morgan fingerprint density at radius 1 is 0.941 bits per heavy atom. The van der Waals surface area contributed by atoms with E-state index in [2.05, 4.69) is 0 Å². The average Bonchev–Trinajstić information content (AvgIpc) is 1.98. The Hall–Kier alpha value is -0.520. The molecule has 0 saturated heterocycles. The van der Waals surface area contributed by atoms with Crippen LogP contribution >= 0.6 is 15.9 Å². The summed E-state index contributed by atoms with van der Waals surface area (Å²) in [6.45, 7) is 0. The normalized spacial score (nSPS) is 17.8. The van der Waals surface area contributed by atoms with Crippen molar-refractivity contribution in [3.63, 3.8) is 0 Å². The number of ether oxygens (including phenoxy) is 1. The lowest BCUT2D eigenvalue weighted by Crippen LogP contribution is -2.55. The van der Waals surface area contributed by atoms with Crippen LogP contribution in [0.3, 0.4) is 0 Å². The van der Waals surface area contributed by atoms with Crippen molar-refractivity contribution in [1.29, 1.82) is 0 Å². The molecule has 0 heterocycles. The van der Waals surface area contributed by atoms with Gasteiger partial charge in [0.15, 0.2) is 0 Å². The van der Waals surface area contributed by atoms with E-state index in [1.54, 1.807) is 0 Å². The standard InChI is InChI=1S/C5BrF9O2/c6-3(9,10)5(14,15)17-2(8,1(7)16)4(11,12)13. The fourth-order valence-electron chi connectivity index (χ4n) is 0.444. The van der Waals surface area contributed by atoms with Gasteiger partial charge in [-0.3, -0.25) is 9.53 Å². The lowest BCUT2D eigenvalue weighted by molar-refractivity contribution is -0.422. The number of carbonyl (C=O) groups excluding carboxylic acids is 1. The quantitative estimate of drug-likeness (QED) is 0.445. The Bertz CT molecular complexity index is 307. The lowest BCUT2D eigenvalue weighted by atomic mass is 10.3. The number of rotatable bonds is 4. The van der Waals surface area contributed by atoms with E-state index in [0.29, 0.717) is 0 Å². The van der Waals surface area contributed by atoms with Crippen molar-refractivity contribution in [1.82, 2.24) is 0 Å². The molecule has 17 heavy (non-hydrogen) atoms. The Morgan fingerprint density at radius 2 is 1.29 bits per heavy atom. The summed E-state index contributed by atoms with van der Waals surface area (Å²) in [4.78, 5) is 4.19. The van der Waals surface area contributed by atoms with Crippen molar-refractivity contribution in [2.24, 2.45) is 0 Å². The van der Waals surface area contributed by atoms with Crippen LogP contribution in [-0.4, -0.2) is 29.0 Å². The zero-order chi connectivity index (χ0) is 14.3. The van der Waals surface area contributed by atoms with E-state index in [4.69, 9.17) is 0 Å². The number of halogens is 10. The van der Waals surface area contributed by atoms with Gasteiger partial charge in [-0.15, -0.1) is 0 Å². The summed E-state index contributed by atoms with van der Waals surface area (Å²) < 4.78 is 110. The molecule has 0 aromatic heterocycles. The fraction of sp³-hybridized carbons (Fsp3) is 0.800. The van der Waals surface area contributed by atoms with E-state index >= 15 is 0 Å². The molecule has 0 fully saturated rings. The van der Waals surface area contributed by atoms with E-state index < -0.39 is 29.0 Å². The van der Waals surface area contributed by atoms with E-state index in [0.717, 1.165) is 15.9 Å². The number of hydrogen-bond donors (Lipinski definition) is 0. The summed E-state index contributed by atoms with van der Waals surface area (Å²) in [5, 5.41) is 0. The van der Waals surface area contributed by atoms with Crippen LogP contribution < -0.4 is 0 Å². The van der Waals surface area contributed by atoms with Crippen molar-refractivity contribution in [2.75, 3.05) is 0 Å². The summed E-state index contributed by atoms with van der Waals surface area (Å²) in [6, 6.07) is -4.04. The van der Waals surface area contributed by atoms with Gasteiger partial charge in [-0.05, 0) is 0 Å². The maximum absolute atomic E-state index is 12.5. The largest absolute Gasteiger partial charge is 0.459 e. The van der Waals surface area contributed by atoms with Gasteiger partial charge in [0.1, 0.15) is 0 Å². The van der Waals surface area contributed by atoms with Crippen LogP contribution in [0.1, 0.15) is 0 Å². The molecule has 0 rings (SSSR count). The zero-order valence-corrected chi connectivity index (χ0v) is 8.68. The fourth-order valence-corrected chi connectivity index (χ4v) is 0.525. The third-order valence-electron chi connectivity index (χ3n) is 1.22. The number of alkyl halides is 9. The molecule has 1 atom stereocenters. The molecule has 2 nitrogen and oxygen atoms in total. The second kappa shape index (κ2) is 4.30. The van der Waals surface area contributed by atoms with Crippen LogP contribution in [0.15, 0.2) is 0 Å². The molecule has 0 aromatic rings. The predicted octanol–water partition coefficient (Wildman–Crippen LogP) is 3.31. The SMILES string of the molecule is O=C(F)C(F)(OC(F)(F)C(F)(F)Br)C(F)(F)F. The van der Waals surface area contributed by atoms with Crippen molar-refractivity contribution in [2.45, 2.75) is 23.0 Å². The van der Waals surface area contributed by atoms with Crippen LogP contribution in [0, 0.1) is 0 Å². The molecule has 102 valence electrons. The first-order chi connectivity index (χ1) is 7.15. The van der Waals surface area contributed by atoms with Gasteiger partial charge in [0, 0.05) is 15.9 Å². The van der Waals surface area contributed by atoms with Gasteiger partial charge in [-0.2, -0.15) is 39.5 Å². The Labute approximate surface area is 94.8 Å². The maximum atomic E-state index is 12.5. The van der Waals surface area contributed by atoms with Crippen molar-refractivity contribution < 1.29 is 49.0 Å². The molecule has 0 aliphatic heterocycles. The minimum absolute atomic E-state index is 0.892. The molecule has 0 spiro atoms. The zero-order valence-electron chi connectivity index (χ0n) is 7.10. The highest BCUT2D eigenvalue weighted by atomic mass is 79.9. The topological polar surface area (TPSA) is 26.3 Å². The van der Waals surface area contributed by atoms with Gasteiger partial charge in [0.2, 0.25) is 0 Å². The number of hydrogen-bond acceptors (Lipinski definition) is 2. The molecular weight excluding hydrogens is 343 g/mol. The summed E-state index contributed by atoms with van der Waals surface area (Å²) in [6.07, 6.45) is -12.7. The molecule has 0 amide bonds. The van der Waals surface area contributed by atoms with Gasteiger partial charge in [0.05, 0.1) is 0 Å². The Balaban J connectivity index is 5.39. The van der Waals surface area contributed by atoms with Crippen molar-refractivity contribution >= 4 is 22.0 Å². The van der Waals surface area contributed by atoms with Crippen LogP contribution in [0.25, 0.3) is 0 Å². The first-order valence-electron chi connectivity index (χ1n) is 3.25. The average molecular weight is 343 g/mol. The minimum Gasteiger partial charge on any atom is -0.261 e. The first-order valence-corrected chi connectivity index (χ1v) is 4.05. The predicted molar refractivity (Wildman–Crippen MR) is 35.9 cm³/mol.